The monoisotopic (exact) mass is 393 g/mol. The van der Waals surface area contributed by atoms with Crippen molar-refractivity contribution in [3.05, 3.63) is 53.2 Å². The maximum absolute atomic E-state index is 12.4. The summed E-state index contributed by atoms with van der Waals surface area (Å²) in [5, 5.41) is 7.56. The summed E-state index contributed by atoms with van der Waals surface area (Å²) in [5.74, 6) is 5.94. The zero-order chi connectivity index (χ0) is 19.7. The molecule has 1 amide bonds. The second-order valence-corrected chi connectivity index (χ2v) is 6.67. The average molecular weight is 394 g/mol. The van der Waals surface area contributed by atoms with Gasteiger partial charge in [-0.25, -0.2) is 14.5 Å². The number of anilines is 1. The third kappa shape index (κ3) is 3.35. The predicted octanol–water partition coefficient (Wildman–Crippen LogP) is 2.40. The summed E-state index contributed by atoms with van der Waals surface area (Å²) in [5.41, 5.74) is 8.88. The summed E-state index contributed by atoms with van der Waals surface area (Å²) in [4.78, 5) is 23.8. The van der Waals surface area contributed by atoms with Gasteiger partial charge in [-0.15, -0.1) is 0 Å². The topological polar surface area (TPSA) is 114 Å². The summed E-state index contributed by atoms with van der Waals surface area (Å²) >= 11 is 6.10. The van der Waals surface area contributed by atoms with Gasteiger partial charge in [0.15, 0.2) is 11.5 Å². The molecular weight excluding hydrogens is 378 g/mol. The Morgan fingerprint density at radius 2 is 2.29 bits per heavy atom. The lowest BCUT2D eigenvalue weighted by Crippen LogP contribution is -2.32. The zero-order valence-corrected chi connectivity index (χ0v) is 15.7. The summed E-state index contributed by atoms with van der Waals surface area (Å²) < 4.78 is 1.59. The van der Waals surface area contributed by atoms with E-state index in [-0.39, 0.29) is 17.8 Å². The second kappa shape index (κ2) is 7.21. The minimum absolute atomic E-state index is 0.180. The number of aromatic amines is 1. The van der Waals surface area contributed by atoms with E-state index in [1.54, 1.807) is 35.1 Å². The standard InChI is InChI=1S/C19H16ClN7O/c1-11(4-2-5-12-10-22-18-14(21)8-9-23-27(12)18)24-19(28)17-25-15-7-3-6-13(20)16(15)26-17/h3,6-11H,4,21H2,1H3,(H,24,28)(H,25,26)/t11-/m0/s1. The third-order valence-electron chi connectivity index (χ3n) is 4.11. The Bertz CT molecular complexity index is 1250. The molecule has 0 fully saturated rings. The van der Waals surface area contributed by atoms with Crippen LogP contribution in [-0.2, 0) is 0 Å². The lowest BCUT2D eigenvalue weighted by molar-refractivity contribution is 0.0931. The summed E-state index contributed by atoms with van der Waals surface area (Å²) in [6.07, 6.45) is 3.66. The zero-order valence-electron chi connectivity index (χ0n) is 14.9. The molecule has 8 nitrogen and oxygen atoms in total. The quantitative estimate of drug-likeness (QED) is 0.462. The molecule has 1 aromatic carbocycles. The fraction of sp³-hybridized carbons (Fsp3) is 0.158. The number of nitrogens with zero attached hydrogens (tertiary/aromatic N) is 4. The number of imidazole rings is 2. The van der Waals surface area contributed by atoms with Gasteiger partial charge in [0.05, 0.1) is 28.6 Å². The lowest BCUT2D eigenvalue weighted by atomic mass is 10.2. The van der Waals surface area contributed by atoms with Crippen molar-refractivity contribution in [1.82, 2.24) is 29.9 Å². The maximum Gasteiger partial charge on any atom is 0.287 e. The number of nitrogens with two attached hydrogens (primary N) is 1. The van der Waals surface area contributed by atoms with Crippen molar-refractivity contribution < 1.29 is 4.79 Å². The number of para-hydroxylation sites is 1. The summed E-state index contributed by atoms with van der Waals surface area (Å²) in [7, 11) is 0. The van der Waals surface area contributed by atoms with Crippen LogP contribution in [0.2, 0.25) is 5.02 Å². The highest BCUT2D eigenvalue weighted by Crippen LogP contribution is 2.20. The number of hydrogen-bond donors (Lipinski definition) is 3. The molecule has 4 N–H and O–H groups in total. The lowest BCUT2D eigenvalue weighted by Gasteiger charge is -2.08. The number of aromatic nitrogens is 5. The Morgan fingerprint density at radius 1 is 1.43 bits per heavy atom. The molecule has 4 rings (SSSR count). The van der Waals surface area contributed by atoms with Crippen LogP contribution in [0.1, 0.15) is 29.7 Å². The highest BCUT2D eigenvalue weighted by molar-refractivity contribution is 6.35. The molecule has 0 unspecified atom stereocenters. The molecule has 0 radical (unpaired) electrons. The van der Waals surface area contributed by atoms with Crippen molar-refractivity contribution in [2.45, 2.75) is 19.4 Å². The van der Waals surface area contributed by atoms with Crippen molar-refractivity contribution in [1.29, 1.82) is 0 Å². The number of carbonyl (C=O) groups is 1. The summed E-state index contributed by atoms with van der Waals surface area (Å²) in [6.45, 7) is 1.87. The van der Waals surface area contributed by atoms with Gasteiger partial charge in [-0.3, -0.25) is 4.79 Å². The number of benzene rings is 1. The fourth-order valence-electron chi connectivity index (χ4n) is 2.74. The number of halogens is 1. The molecule has 0 saturated carbocycles. The molecule has 0 spiro atoms. The van der Waals surface area contributed by atoms with E-state index in [0.717, 1.165) is 0 Å². The molecule has 4 aromatic rings. The average Bonchev–Trinajstić information content (AvgIpc) is 3.28. The second-order valence-electron chi connectivity index (χ2n) is 6.27. The predicted molar refractivity (Wildman–Crippen MR) is 107 cm³/mol. The highest BCUT2D eigenvalue weighted by atomic mass is 35.5. The van der Waals surface area contributed by atoms with E-state index in [9.17, 15) is 4.79 Å². The molecule has 0 bridgehead atoms. The van der Waals surface area contributed by atoms with E-state index >= 15 is 0 Å². The Morgan fingerprint density at radius 3 is 3.11 bits per heavy atom. The van der Waals surface area contributed by atoms with Crippen LogP contribution in [0, 0.1) is 11.8 Å². The molecule has 9 heteroatoms. The molecule has 3 heterocycles. The number of carbonyl (C=O) groups excluding carboxylic acids is 1. The normalized spacial score (nSPS) is 11.9. The van der Waals surface area contributed by atoms with Gasteiger partial charge in [-0.05, 0) is 31.0 Å². The number of fused-ring (bicyclic) bond motifs is 2. The molecular formula is C19H16ClN7O. The first-order valence-electron chi connectivity index (χ1n) is 8.55. The van der Waals surface area contributed by atoms with E-state index < -0.39 is 0 Å². The van der Waals surface area contributed by atoms with Crippen molar-refractivity contribution in [2.75, 3.05) is 5.73 Å². The van der Waals surface area contributed by atoms with Crippen molar-refractivity contribution in [3.8, 4) is 11.8 Å². The van der Waals surface area contributed by atoms with Gasteiger partial charge in [0, 0.05) is 12.5 Å². The Labute approximate surface area is 165 Å². The highest BCUT2D eigenvalue weighted by Gasteiger charge is 2.14. The third-order valence-corrected chi connectivity index (χ3v) is 4.42. The minimum Gasteiger partial charge on any atom is -0.396 e. The molecule has 1 atom stereocenters. The van der Waals surface area contributed by atoms with Crippen LogP contribution >= 0.6 is 11.6 Å². The molecule has 0 aliphatic rings. The minimum atomic E-state index is -0.314. The number of rotatable bonds is 3. The molecule has 28 heavy (non-hydrogen) atoms. The summed E-state index contributed by atoms with van der Waals surface area (Å²) in [6, 6.07) is 6.85. The first-order valence-corrected chi connectivity index (χ1v) is 8.93. The van der Waals surface area contributed by atoms with Crippen LogP contribution in [0.15, 0.2) is 36.7 Å². The number of H-pyrrole nitrogens is 1. The van der Waals surface area contributed by atoms with Crippen LogP contribution < -0.4 is 11.1 Å². The number of nitrogen functional groups attached to an aromatic ring is 1. The van der Waals surface area contributed by atoms with E-state index in [0.29, 0.717) is 39.5 Å². The van der Waals surface area contributed by atoms with Crippen molar-refractivity contribution in [3.63, 3.8) is 0 Å². The molecule has 140 valence electrons. The van der Waals surface area contributed by atoms with Crippen molar-refractivity contribution in [2.24, 2.45) is 0 Å². The Balaban J connectivity index is 1.43. The van der Waals surface area contributed by atoms with Gasteiger partial charge >= 0.3 is 0 Å². The fourth-order valence-corrected chi connectivity index (χ4v) is 2.96. The number of hydrogen-bond acceptors (Lipinski definition) is 5. The van der Waals surface area contributed by atoms with Crippen molar-refractivity contribution >= 4 is 39.9 Å². The smallest absolute Gasteiger partial charge is 0.287 e. The van der Waals surface area contributed by atoms with Crippen LogP contribution in [-0.4, -0.2) is 36.5 Å². The molecule has 0 saturated heterocycles. The molecule has 3 aromatic heterocycles. The number of nitrogens with one attached hydrogen (secondary N) is 2. The molecule has 0 aliphatic carbocycles. The van der Waals surface area contributed by atoms with Gasteiger partial charge in [0.25, 0.3) is 5.91 Å². The SMILES string of the molecule is C[C@@H](CC#Cc1cnc2c(N)ccnn12)NC(=O)c1nc2c(Cl)cccc2[nH]1. The van der Waals surface area contributed by atoms with Gasteiger partial charge in [-0.2, -0.15) is 5.10 Å². The van der Waals surface area contributed by atoms with Gasteiger partial charge in [-0.1, -0.05) is 23.6 Å². The van der Waals surface area contributed by atoms with E-state index in [1.807, 2.05) is 13.0 Å². The Kier molecular flexibility index (Phi) is 4.59. The van der Waals surface area contributed by atoms with Gasteiger partial charge < -0.3 is 16.0 Å². The maximum atomic E-state index is 12.4. The van der Waals surface area contributed by atoms with Crippen LogP contribution in [0.25, 0.3) is 16.7 Å². The van der Waals surface area contributed by atoms with Gasteiger partial charge in [0.2, 0.25) is 0 Å². The first kappa shape index (κ1) is 17.8. The Hall–Kier alpha value is -3.57. The van der Waals surface area contributed by atoms with E-state index in [1.165, 1.54) is 0 Å². The van der Waals surface area contributed by atoms with Crippen LogP contribution in [0.3, 0.4) is 0 Å². The van der Waals surface area contributed by atoms with Crippen LogP contribution in [0.4, 0.5) is 5.69 Å². The van der Waals surface area contributed by atoms with E-state index in [4.69, 9.17) is 17.3 Å². The largest absolute Gasteiger partial charge is 0.396 e. The van der Waals surface area contributed by atoms with Gasteiger partial charge in [0.1, 0.15) is 11.2 Å². The number of amides is 1. The molecule has 0 aliphatic heterocycles. The van der Waals surface area contributed by atoms with Crippen LogP contribution in [0.5, 0.6) is 0 Å². The van der Waals surface area contributed by atoms with E-state index in [2.05, 4.69) is 37.2 Å². The first-order chi connectivity index (χ1) is 13.5.